The van der Waals surface area contributed by atoms with Gasteiger partial charge >= 0.3 is 30.0 Å². The molecule has 1 atom stereocenters. The molecule has 1 aromatic carbocycles. The molecule has 1 aliphatic rings. The molecule has 2 rings (SSSR count). The average Bonchev–Trinajstić information content (AvgIpc) is 2.31. The maximum absolute atomic E-state index is 13.0. The third kappa shape index (κ3) is 5.59. The first-order valence-corrected chi connectivity index (χ1v) is 12.8. The summed E-state index contributed by atoms with van der Waals surface area (Å²) in [6.07, 6.45) is 2.58. The van der Waals surface area contributed by atoms with Gasteiger partial charge in [0.15, 0.2) is 0 Å². The Balaban J connectivity index is 0.000000686. The molecule has 0 spiro atoms. The average molecular weight is 352 g/mol. The molecule has 4 heteroatoms. The van der Waals surface area contributed by atoms with Crippen molar-refractivity contribution in [2.75, 3.05) is 13.1 Å². The fourth-order valence-corrected chi connectivity index (χ4v) is 2.25. The number of likely N-dealkylation sites (tertiary alicyclic amines) is 1. The number of benzene rings is 1. The van der Waals surface area contributed by atoms with E-state index in [0.717, 1.165) is 31.1 Å². The van der Waals surface area contributed by atoms with Crippen LogP contribution in [0.3, 0.4) is 0 Å². The Labute approximate surface area is 120 Å². The van der Waals surface area contributed by atoms with Crippen LogP contribution in [0.25, 0.3) is 0 Å². The van der Waals surface area contributed by atoms with Crippen molar-refractivity contribution in [2.45, 2.75) is 26.3 Å². The Hall–Kier alpha value is 0.213. The van der Waals surface area contributed by atoms with Crippen LogP contribution in [-0.4, -0.2) is 18.0 Å². The summed E-state index contributed by atoms with van der Waals surface area (Å²) in [5, 5.41) is 0. The standard InChI is InChI=1S/C13H17FN.BrH.Zn/c1-11-4-3-7-15(9-11)10-12-5-2-6-13(14)8-12;;/h2,6,8,11H,3-4,7,9-10H2,1H3;1H;/q-1;;+2/p-1. The van der Waals surface area contributed by atoms with Crippen LogP contribution in [-0.2, 0) is 22.9 Å². The van der Waals surface area contributed by atoms with E-state index in [4.69, 9.17) is 0 Å². The van der Waals surface area contributed by atoms with Gasteiger partial charge in [-0.25, -0.2) is 4.39 Å². The first-order chi connectivity index (χ1) is 8.24. The molecule has 90 valence electrons. The van der Waals surface area contributed by atoms with E-state index in [2.05, 4.69) is 31.5 Å². The predicted molar refractivity (Wildman–Crippen MR) is 67.8 cm³/mol. The second-order valence-corrected chi connectivity index (χ2v) is 4.51. The van der Waals surface area contributed by atoms with Crippen molar-refractivity contribution in [3.63, 3.8) is 0 Å². The zero-order valence-electron chi connectivity index (χ0n) is 10.3. The Bertz CT molecular complexity index is 335. The second kappa shape index (κ2) is 8.34. The SMILES string of the molecule is CC1CCCN(Cc2[c-]ccc(F)c2)C1.[Zn+][Br]. The van der Waals surface area contributed by atoms with Gasteiger partial charge in [-0.15, -0.1) is 17.7 Å². The Morgan fingerprint density at radius 1 is 1.59 bits per heavy atom. The van der Waals surface area contributed by atoms with Gasteiger partial charge in [0.1, 0.15) is 0 Å². The van der Waals surface area contributed by atoms with Crippen LogP contribution in [0.4, 0.5) is 4.39 Å². The van der Waals surface area contributed by atoms with E-state index >= 15 is 0 Å². The van der Waals surface area contributed by atoms with Crippen molar-refractivity contribution in [3.8, 4) is 0 Å². The van der Waals surface area contributed by atoms with Gasteiger partial charge in [0.05, 0.1) is 0 Å². The number of hydrogen-bond acceptors (Lipinski definition) is 1. The van der Waals surface area contributed by atoms with E-state index in [9.17, 15) is 4.39 Å². The quantitative estimate of drug-likeness (QED) is 0.580. The molecule has 1 unspecified atom stereocenters. The van der Waals surface area contributed by atoms with E-state index < -0.39 is 0 Å². The van der Waals surface area contributed by atoms with Gasteiger partial charge in [-0.3, -0.25) is 0 Å². The minimum absolute atomic E-state index is 0.159. The van der Waals surface area contributed by atoms with Crippen LogP contribution in [0.15, 0.2) is 18.2 Å². The molecule has 0 aliphatic carbocycles. The fourth-order valence-electron chi connectivity index (χ4n) is 2.25. The molecule has 1 saturated heterocycles. The van der Waals surface area contributed by atoms with Crippen LogP contribution in [0.2, 0.25) is 0 Å². The zero-order valence-corrected chi connectivity index (χ0v) is 14.8. The van der Waals surface area contributed by atoms with E-state index in [1.54, 1.807) is 12.1 Å². The van der Waals surface area contributed by atoms with Gasteiger partial charge in [-0.05, 0) is 25.3 Å². The normalized spacial score (nSPS) is 20.6. The molecular weight excluding hydrogens is 334 g/mol. The molecule has 1 aromatic rings. The molecule has 1 nitrogen and oxygen atoms in total. The molecular formula is C13H17BrFNZn. The first kappa shape index (κ1) is 15.3. The van der Waals surface area contributed by atoms with Gasteiger partial charge in [-0.2, -0.15) is 12.1 Å². The summed E-state index contributed by atoms with van der Waals surface area (Å²) in [7, 11) is 0. The van der Waals surface area contributed by atoms with Gasteiger partial charge < -0.3 is 4.90 Å². The van der Waals surface area contributed by atoms with Gasteiger partial charge in [0.25, 0.3) is 0 Å². The molecule has 0 N–H and O–H groups in total. The van der Waals surface area contributed by atoms with Crippen molar-refractivity contribution in [1.82, 2.24) is 4.90 Å². The number of halogens is 2. The maximum atomic E-state index is 13.0. The minimum atomic E-state index is -0.159. The molecule has 17 heavy (non-hydrogen) atoms. The van der Waals surface area contributed by atoms with Gasteiger partial charge in [0, 0.05) is 18.9 Å². The summed E-state index contributed by atoms with van der Waals surface area (Å²) < 4.78 is 13.0. The molecule has 0 amide bonds. The van der Waals surface area contributed by atoms with Crippen molar-refractivity contribution in [2.24, 2.45) is 5.92 Å². The summed E-state index contributed by atoms with van der Waals surface area (Å²) in [5.74, 6) is 0.612. The molecule has 0 radical (unpaired) electrons. The topological polar surface area (TPSA) is 3.24 Å². The molecule has 0 saturated carbocycles. The zero-order chi connectivity index (χ0) is 12.7. The van der Waals surface area contributed by atoms with Crippen LogP contribution in [0.5, 0.6) is 0 Å². The summed E-state index contributed by atoms with van der Waals surface area (Å²) in [5.41, 5.74) is 0.962. The molecule has 1 fully saturated rings. The van der Waals surface area contributed by atoms with Crippen molar-refractivity contribution < 1.29 is 20.7 Å². The molecule has 1 heterocycles. The van der Waals surface area contributed by atoms with E-state index in [-0.39, 0.29) is 5.82 Å². The van der Waals surface area contributed by atoms with Gasteiger partial charge in [-0.1, -0.05) is 6.92 Å². The predicted octanol–water partition coefficient (Wildman–Crippen LogP) is 3.70. The summed E-state index contributed by atoms with van der Waals surface area (Å²) in [4.78, 5) is 2.39. The Morgan fingerprint density at radius 2 is 2.35 bits per heavy atom. The molecule has 1 aliphatic heterocycles. The van der Waals surface area contributed by atoms with E-state index in [1.807, 2.05) is 0 Å². The third-order valence-electron chi connectivity index (χ3n) is 2.96. The third-order valence-corrected chi connectivity index (χ3v) is 2.96. The van der Waals surface area contributed by atoms with E-state index in [0.29, 0.717) is 0 Å². The van der Waals surface area contributed by atoms with Crippen molar-refractivity contribution >= 4 is 13.6 Å². The van der Waals surface area contributed by atoms with Crippen LogP contribution in [0, 0.1) is 17.8 Å². The fraction of sp³-hybridized carbons (Fsp3) is 0.538. The summed E-state index contributed by atoms with van der Waals surface area (Å²) >= 11 is 4.25. The van der Waals surface area contributed by atoms with E-state index in [1.165, 1.54) is 35.3 Å². The van der Waals surface area contributed by atoms with Crippen LogP contribution in [0.1, 0.15) is 25.3 Å². The van der Waals surface area contributed by atoms with Crippen LogP contribution < -0.4 is 0 Å². The molecule has 0 bridgehead atoms. The number of rotatable bonds is 2. The second-order valence-electron chi connectivity index (χ2n) is 4.51. The number of piperidine rings is 1. The van der Waals surface area contributed by atoms with Crippen LogP contribution >= 0.6 is 13.6 Å². The summed E-state index contributed by atoms with van der Waals surface area (Å²) in [6.45, 7) is 5.38. The first-order valence-electron chi connectivity index (χ1n) is 5.89. The molecule has 0 aromatic heterocycles. The number of hydrogen-bond donors (Lipinski definition) is 0. The number of nitrogens with zero attached hydrogens (tertiary/aromatic N) is 1. The Morgan fingerprint density at radius 3 is 3.00 bits per heavy atom. The monoisotopic (exact) mass is 349 g/mol. The van der Waals surface area contributed by atoms with Crippen molar-refractivity contribution in [1.29, 1.82) is 0 Å². The van der Waals surface area contributed by atoms with Gasteiger partial charge in [0.2, 0.25) is 0 Å². The Kier molecular flexibility index (Phi) is 7.49. The van der Waals surface area contributed by atoms with Crippen molar-refractivity contribution in [3.05, 3.63) is 35.6 Å². The summed E-state index contributed by atoms with van der Waals surface area (Å²) in [6, 6.07) is 7.78.